The molecule has 3 nitrogen and oxygen atoms in total. The first-order valence-electron chi connectivity index (χ1n) is 5.36. The molecule has 0 amide bonds. The van der Waals surface area contributed by atoms with E-state index >= 15 is 0 Å². The maximum Gasteiger partial charge on any atom is 0.192 e. The van der Waals surface area contributed by atoms with Crippen molar-refractivity contribution in [2.75, 3.05) is 5.73 Å². The fourth-order valence-corrected chi connectivity index (χ4v) is 1.76. The highest BCUT2D eigenvalue weighted by atomic mass is 16.3. The molecule has 0 aliphatic carbocycles. The fraction of sp³-hybridized carbons (Fsp3) is 0.417. The van der Waals surface area contributed by atoms with Crippen molar-refractivity contribution < 1.29 is 4.42 Å². The number of oxazole rings is 1. The zero-order valence-electron chi connectivity index (χ0n) is 9.21. The molecule has 3 heteroatoms. The van der Waals surface area contributed by atoms with Crippen molar-refractivity contribution in [1.29, 1.82) is 0 Å². The van der Waals surface area contributed by atoms with Gasteiger partial charge in [-0.05, 0) is 30.5 Å². The molecule has 0 aliphatic rings. The van der Waals surface area contributed by atoms with Crippen LogP contribution in [0.5, 0.6) is 0 Å². The van der Waals surface area contributed by atoms with E-state index in [1.54, 1.807) is 0 Å². The molecule has 1 aromatic carbocycles. The third kappa shape index (κ3) is 1.96. The number of fused-ring (bicyclic) bond motifs is 1. The van der Waals surface area contributed by atoms with E-state index in [2.05, 4.69) is 18.0 Å². The van der Waals surface area contributed by atoms with Crippen LogP contribution < -0.4 is 5.73 Å². The lowest BCUT2D eigenvalue weighted by Gasteiger charge is -2.01. The second kappa shape index (κ2) is 3.93. The number of benzene rings is 1. The number of hydrogen-bond acceptors (Lipinski definition) is 3. The van der Waals surface area contributed by atoms with Crippen LogP contribution in [0, 0.1) is 6.92 Å². The van der Waals surface area contributed by atoms with Gasteiger partial charge in [0.1, 0.15) is 5.52 Å². The van der Waals surface area contributed by atoms with Gasteiger partial charge < -0.3 is 10.2 Å². The summed E-state index contributed by atoms with van der Waals surface area (Å²) in [5.41, 5.74) is 9.44. The Kier molecular flexibility index (Phi) is 2.62. The number of anilines is 1. The fourth-order valence-electron chi connectivity index (χ4n) is 1.76. The Hall–Kier alpha value is -1.51. The molecule has 1 aromatic heterocycles. The number of rotatable bonds is 3. The van der Waals surface area contributed by atoms with E-state index in [0.717, 1.165) is 11.9 Å². The van der Waals surface area contributed by atoms with E-state index in [-0.39, 0.29) is 0 Å². The van der Waals surface area contributed by atoms with Gasteiger partial charge in [-0.15, -0.1) is 0 Å². The van der Waals surface area contributed by atoms with Gasteiger partial charge in [0.15, 0.2) is 11.5 Å². The molecule has 0 atom stereocenters. The first-order valence-corrected chi connectivity index (χ1v) is 5.36. The average Bonchev–Trinajstić information content (AvgIpc) is 2.56. The third-order valence-electron chi connectivity index (χ3n) is 2.50. The molecule has 0 saturated carbocycles. The van der Waals surface area contributed by atoms with Crippen LogP contribution in [0.15, 0.2) is 16.5 Å². The van der Waals surface area contributed by atoms with E-state index in [4.69, 9.17) is 10.2 Å². The van der Waals surface area contributed by atoms with Crippen LogP contribution in [0.25, 0.3) is 11.1 Å². The molecule has 0 saturated heterocycles. The smallest absolute Gasteiger partial charge is 0.192 e. The Morgan fingerprint density at radius 3 is 2.93 bits per heavy atom. The van der Waals surface area contributed by atoms with Gasteiger partial charge in [0.05, 0.1) is 5.69 Å². The van der Waals surface area contributed by atoms with E-state index in [1.807, 2.05) is 13.0 Å². The number of hydrogen-bond donors (Lipinski definition) is 1. The Balaban J connectivity index is 2.42. The van der Waals surface area contributed by atoms with E-state index in [1.165, 1.54) is 18.4 Å². The first kappa shape index (κ1) is 10.0. The monoisotopic (exact) mass is 204 g/mol. The normalized spacial score (nSPS) is 11.1. The van der Waals surface area contributed by atoms with Crippen molar-refractivity contribution >= 4 is 16.8 Å². The summed E-state index contributed by atoms with van der Waals surface area (Å²) in [6, 6.07) is 4.06. The summed E-state index contributed by atoms with van der Waals surface area (Å²) in [7, 11) is 0. The summed E-state index contributed by atoms with van der Waals surface area (Å²) in [4.78, 5) is 4.30. The van der Waals surface area contributed by atoms with Gasteiger partial charge in [0.2, 0.25) is 0 Å². The molecular formula is C12H16N2O. The Morgan fingerprint density at radius 1 is 1.40 bits per heavy atom. The van der Waals surface area contributed by atoms with Crippen molar-refractivity contribution in [1.82, 2.24) is 4.98 Å². The van der Waals surface area contributed by atoms with Gasteiger partial charge >= 0.3 is 0 Å². The number of nitrogen functional groups attached to an aromatic ring is 1. The van der Waals surface area contributed by atoms with Crippen LogP contribution in [0.2, 0.25) is 0 Å². The van der Waals surface area contributed by atoms with Crippen LogP contribution in [-0.4, -0.2) is 4.98 Å². The highest BCUT2D eigenvalue weighted by Gasteiger charge is 2.07. The molecule has 2 aromatic rings. The lowest BCUT2D eigenvalue weighted by Crippen LogP contribution is -1.90. The zero-order valence-corrected chi connectivity index (χ0v) is 9.21. The summed E-state index contributed by atoms with van der Waals surface area (Å²) in [6.07, 6.45) is 3.43. The quantitative estimate of drug-likeness (QED) is 0.782. The van der Waals surface area contributed by atoms with Crippen LogP contribution in [0.1, 0.15) is 31.2 Å². The number of nitrogens with two attached hydrogens (primary N) is 1. The van der Waals surface area contributed by atoms with Crippen molar-refractivity contribution in [2.45, 2.75) is 33.1 Å². The van der Waals surface area contributed by atoms with Gasteiger partial charge in [0, 0.05) is 6.92 Å². The molecule has 1 heterocycles. The summed E-state index contributed by atoms with van der Waals surface area (Å²) in [5, 5.41) is 0. The lowest BCUT2D eigenvalue weighted by molar-refractivity contribution is 0.562. The van der Waals surface area contributed by atoms with Crippen molar-refractivity contribution in [3.8, 4) is 0 Å². The molecule has 0 aliphatic heterocycles. The predicted molar refractivity (Wildman–Crippen MR) is 61.8 cm³/mol. The van der Waals surface area contributed by atoms with Crippen LogP contribution >= 0.6 is 0 Å². The van der Waals surface area contributed by atoms with E-state index < -0.39 is 0 Å². The maximum absolute atomic E-state index is 5.91. The third-order valence-corrected chi connectivity index (χ3v) is 2.50. The SMILES string of the molecule is CCCCc1cc(N)c2oc(C)nc2c1. The molecule has 80 valence electrons. The molecule has 0 radical (unpaired) electrons. The number of unbranched alkanes of at least 4 members (excludes halogenated alkanes) is 1. The van der Waals surface area contributed by atoms with Crippen LogP contribution in [0.4, 0.5) is 5.69 Å². The number of aryl methyl sites for hydroxylation is 2. The van der Waals surface area contributed by atoms with Gasteiger partial charge in [0.25, 0.3) is 0 Å². The zero-order chi connectivity index (χ0) is 10.8. The Labute approximate surface area is 89.3 Å². The molecule has 0 fully saturated rings. The first-order chi connectivity index (χ1) is 7.20. The molecule has 0 spiro atoms. The minimum absolute atomic E-state index is 0.671. The van der Waals surface area contributed by atoms with Gasteiger partial charge in [-0.1, -0.05) is 13.3 Å². The van der Waals surface area contributed by atoms with Crippen LogP contribution in [0.3, 0.4) is 0 Å². The topological polar surface area (TPSA) is 52.0 Å². The number of nitrogens with zero attached hydrogens (tertiary/aromatic N) is 1. The molecule has 2 rings (SSSR count). The highest BCUT2D eigenvalue weighted by molar-refractivity contribution is 5.85. The van der Waals surface area contributed by atoms with Crippen LogP contribution in [-0.2, 0) is 6.42 Å². The minimum atomic E-state index is 0.671. The second-order valence-corrected chi connectivity index (χ2v) is 3.87. The predicted octanol–water partition coefficient (Wildman–Crippen LogP) is 3.06. The van der Waals surface area contributed by atoms with E-state index in [9.17, 15) is 0 Å². The summed E-state index contributed by atoms with van der Waals surface area (Å²) < 4.78 is 5.42. The standard InChI is InChI=1S/C12H16N2O/c1-3-4-5-9-6-10(13)12-11(7-9)14-8(2)15-12/h6-7H,3-5,13H2,1-2H3. The molecule has 0 unspecified atom stereocenters. The molecule has 2 N–H and O–H groups in total. The number of aromatic nitrogens is 1. The Bertz CT molecular complexity index is 474. The van der Waals surface area contributed by atoms with Crippen molar-refractivity contribution in [3.05, 3.63) is 23.6 Å². The Morgan fingerprint density at radius 2 is 2.20 bits per heavy atom. The molecule has 15 heavy (non-hydrogen) atoms. The van der Waals surface area contributed by atoms with E-state index in [0.29, 0.717) is 17.2 Å². The van der Waals surface area contributed by atoms with Crippen molar-refractivity contribution in [2.24, 2.45) is 0 Å². The molecule has 0 bridgehead atoms. The maximum atomic E-state index is 5.91. The van der Waals surface area contributed by atoms with Crippen molar-refractivity contribution in [3.63, 3.8) is 0 Å². The molecular weight excluding hydrogens is 188 g/mol. The summed E-state index contributed by atoms with van der Waals surface area (Å²) in [5.74, 6) is 0.671. The van der Waals surface area contributed by atoms with Gasteiger partial charge in [-0.2, -0.15) is 0 Å². The average molecular weight is 204 g/mol. The summed E-state index contributed by atoms with van der Waals surface area (Å²) >= 11 is 0. The van der Waals surface area contributed by atoms with Gasteiger partial charge in [-0.3, -0.25) is 0 Å². The highest BCUT2D eigenvalue weighted by Crippen LogP contribution is 2.24. The lowest BCUT2D eigenvalue weighted by atomic mass is 10.1. The van der Waals surface area contributed by atoms with Gasteiger partial charge in [-0.25, -0.2) is 4.98 Å². The largest absolute Gasteiger partial charge is 0.439 e. The summed E-state index contributed by atoms with van der Waals surface area (Å²) in [6.45, 7) is 4.02. The minimum Gasteiger partial charge on any atom is -0.439 e. The second-order valence-electron chi connectivity index (χ2n) is 3.87.